The Balaban J connectivity index is 1.61. The van der Waals surface area contributed by atoms with Crippen molar-refractivity contribution in [3.05, 3.63) is 41.8 Å². The fourth-order valence-electron chi connectivity index (χ4n) is 3.18. The Morgan fingerprint density at radius 2 is 1.89 bits per heavy atom. The molecular weight excluding hydrogens is 359 g/mol. The number of halogens is 3. The smallest absolute Gasteiger partial charge is 0.401 e. The van der Waals surface area contributed by atoms with E-state index < -0.39 is 12.7 Å². The predicted octanol–water partition coefficient (Wildman–Crippen LogP) is 3.29. The molecule has 8 heteroatoms. The van der Waals surface area contributed by atoms with Crippen molar-refractivity contribution in [2.45, 2.75) is 25.9 Å². The number of nitrogens with zero attached hydrogens (tertiary/aromatic N) is 3. The van der Waals surface area contributed by atoms with Gasteiger partial charge in [0.05, 0.1) is 18.7 Å². The summed E-state index contributed by atoms with van der Waals surface area (Å²) in [5, 5.41) is 0. The van der Waals surface area contributed by atoms with E-state index >= 15 is 0 Å². The van der Waals surface area contributed by atoms with Crippen LogP contribution in [0.5, 0.6) is 0 Å². The molecule has 1 aromatic carbocycles. The van der Waals surface area contributed by atoms with Crippen LogP contribution in [0.4, 0.5) is 13.2 Å². The van der Waals surface area contributed by atoms with Gasteiger partial charge in [0.25, 0.3) is 0 Å². The number of alkyl halides is 3. The maximum atomic E-state index is 12.6. The molecule has 1 saturated heterocycles. The molecule has 5 nitrogen and oxygen atoms in total. The lowest BCUT2D eigenvalue weighted by Gasteiger charge is -2.22. The number of carbonyl (C=O) groups is 1. The van der Waals surface area contributed by atoms with Crippen molar-refractivity contribution in [2.75, 3.05) is 32.7 Å². The highest BCUT2D eigenvalue weighted by atomic mass is 19.4. The van der Waals surface area contributed by atoms with Crippen LogP contribution in [0.3, 0.4) is 0 Å². The standard InChI is InChI=1S/C19H22F3N3O2/c1-14-16(23-18(27-14)15-6-3-2-4-7-15)12-17(26)25-9-5-8-24(10-11-25)13-19(20,21)22/h2-4,6-7H,5,8-13H2,1H3. The zero-order valence-corrected chi connectivity index (χ0v) is 15.1. The van der Waals surface area contributed by atoms with Crippen molar-refractivity contribution in [1.29, 1.82) is 0 Å². The minimum atomic E-state index is -4.22. The van der Waals surface area contributed by atoms with Gasteiger partial charge in [-0.3, -0.25) is 9.69 Å². The quantitative estimate of drug-likeness (QED) is 0.816. The van der Waals surface area contributed by atoms with E-state index in [9.17, 15) is 18.0 Å². The highest BCUT2D eigenvalue weighted by molar-refractivity contribution is 5.78. The van der Waals surface area contributed by atoms with Crippen molar-refractivity contribution >= 4 is 5.91 Å². The van der Waals surface area contributed by atoms with Gasteiger partial charge in [-0.2, -0.15) is 13.2 Å². The van der Waals surface area contributed by atoms with Crippen LogP contribution in [0, 0.1) is 6.92 Å². The number of oxazole rings is 1. The van der Waals surface area contributed by atoms with E-state index in [1.165, 1.54) is 4.90 Å². The molecule has 0 spiro atoms. The Morgan fingerprint density at radius 1 is 1.15 bits per heavy atom. The lowest BCUT2D eigenvalue weighted by Crippen LogP contribution is -2.39. The Hall–Kier alpha value is -2.35. The van der Waals surface area contributed by atoms with Crippen LogP contribution in [0.25, 0.3) is 11.5 Å². The maximum Gasteiger partial charge on any atom is 0.401 e. The van der Waals surface area contributed by atoms with E-state index in [2.05, 4.69) is 4.98 Å². The molecule has 1 amide bonds. The van der Waals surface area contributed by atoms with Gasteiger partial charge in [-0.25, -0.2) is 4.98 Å². The van der Waals surface area contributed by atoms with Gasteiger partial charge in [0.2, 0.25) is 11.8 Å². The van der Waals surface area contributed by atoms with E-state index in [1.807, 2.05) is 30.3 Å². The Bertz CT molecular complexity index is 774. The number of carbonyl (C=O) groups excluding carboxylic acids is 1. The fraction of sp³-hybridized carbons (Fsp3) is 0.474. The third kappa shape index (κ3) is 5.32. The minimum absolute atomic E-state index is 0.0848. The largest absolute Gasteiger partial charge is 0.441 e. The average Bonchev–Trinajstić information content (AvgIpc) is 2.82. The average molecular weight is 381 g/mol. The molecule has 2 aromatic rings. The van der Waals surface area contributed by atoms with Crippen molar-refractivity contribution in [1.82, 2.24) is 14.8 Å². The summed E-state index contributed by atoms with van der Waals surface area (Å²) in [5.41, 5.74) is 1.40. The third-order valence-corrected chi connectivity index (χ3v) is 4.58. The molecule has 1 fully saturated rings. The second-order valence-electron chi connectivity index (χ2n) is 6.69. The minimum Gasteiger partial charge on any atom is -0.441 e. The van der Waals surface area contributed by atoms with E-state index in [-0.39, 0.29) is 25.4 Å². The second-order valence-corrected chi connectivity index (χ2v) is 6.69. The van der Waals surface area contributed by atoms with Crippen LogP contribution >= 0.6 is 0 Å². The number of aryl methyl sites for hydroxylation is 1. The number of rotatable bonds is 4. The summed E-state index contributed by atoms with van der Waals surface area (Å²) in [7, 11) is 0. The first-order chi connectivity index (χ1) is 12.8. The van der Waals surface area contributed by atoms with E-state index in [0.717, 1.165) is 5.56 Å². The molecule has 1 aliphatic heterocycles. The first-order valence-corrected chi connectivity index (χ1v) is 8.90. The van der Waals surface area contributed by atoms with Gasteiger partial charge in [-0.1, -0.05) is 18.2 Å². The highest BCUT2D eigenvalue weighted by Crippen LogP contribution is 2.22. The molecule has 0 aliphatic carbocycles. The van der Waals surface area contributed by atoms with E-state index in [1.54, 1.807) is 11.8 Å². The van der Waals surface area contributed by atoms with Crippen LogP contribution in [0.2, 0.25) is 0 Å². The van der Waals surface area contributed by atoms with Crippen molar-refractivity contribution in [3.8, 4) is 11.5 Å². The Kier molecular flexibility index (Phi) is 5.84. The molecule has 0 atom stereocenters. The topological polar surface area (TPSA) is 49.6 Å². The van der Waals surface area contributed by atoms with E-state index in [0.29, 0.717) is 36.9 Å². The van der Waals surface area contributed by atoms with Crippen molar-refractivity contribution < 1.29 is 22.4 Å². The predicted molar refractivity (Wildman–Crippen MR) is 94.1 cm³/mol. The first kappa shape index (κ1) is 19.4. The van der Waals surface area contributed by atoms with Crippen LogP contribution in [-0.4, -0.2) is 59.6 Å². The molecule has 3 rings (SSSR count). The van der Waals surface area contributed by atoms with Gasteiger partial charge < -0.3 is 9.32 Å². The summed E-state index contributed by atoms with van der Waals surface area (Å²) in [6.07, 6.45) is -3.61. The maximum absolute atomic E-state index is 12.6. The molecule has 146 valence electrons. The molecule has 0 bridgehead atoms. The lowest BCUT2D eigenvalue weighted by molar-refractivity contribution is -0.145. The van der Waals surface area contributed by atoms with Gasteiger partial charge in [0.15, 0.2) is 0 Å². The van der Waals surface area contributed by atoms with E-state index in [4.69, 9.17) is 4.42 Å². The van der Waals surface area contributed by atoms with Gasteiger partial charge in [-0.15, -0.1) is 0 Å². The van der Waals surface area contributed by atoms with Gasteiger partial charge in [-0.05, 0) is 25.5 Å². The molecule has 2 heterocycles. The van der Waals surface area contributed by atoms with Crippen molar-refractivity contribution in [3.63, 3.8) is 0 Å². The zero-order chi connectivity index (χ0) is 19.4. The third-order valence-electron chi connectivity index (χ3n) is 4.58. The molecule has 0 saturated carbocycles. The highest BCUT2D eigenvalue weighted by Gasteiger charge is 2.32. The van der Waals surface area contributed by atoms with Crippen LogP contribution in [-0.2, 0) is 11.2 Å². The van der Waals surface area contributed by atoms with Crippen LogP contribution in [0.1, 0.15) is 17.9 Å². The van der Waals surface area contributed by atoms with Gasteiger partial charge >= 0.3 is 6.18 Å². The normalized spacial score (nSPS) is 16.4. The molecule has 1 aliphatic rings. The second kappa shape index (κ2) is 8.12. The Morgan fingerprint density at radius 3 is 2.59 bits per heavy atom. The SMILES string of the molecule is Cc1oc(-c2ccccc2)nc1CC(=O)N1CCCN(CC(F)(F)F)CC1. The molecule has 1 aromatic heterocycles. The fourth-order valence-corrected chi connectivity index (χ4v) is 3.18. The van der Waals surface area contributed by atoms with Crippen LogP contribution < -0.4 is 0 Å². The summed E-state index contributed by atoms with van der Waals surface area (Å²) >= 11 is 0. The number of aromatic nitrogens is 1. The lowest BCUT2D eigenvalue weighted by atomic mass is 10.2. The number of benzene rings is 1. The molecular formula is C19H22F3N3O2. The van der Waals surface area contributed by atoms with Crippen molar-refractivity contribution in [2.24, 2.45) is 0 Å². The summed E-state index contributed by atoms with van der Waals surface area (Å²) in [6.45, 7) is 2.13. The summed E-state index contributed by atoms with van der Waals surface area (Å²) in [6, 6.07) is 9.40. The summed E-state index contributed by atoms with van der Waals surface area (Å²) in [5.74, 6) is 0.902. The molecule has 0 radical (unpaired) electrons. The number of hydrogen-bond acceptors (Lipinski definition) is 4. The van der Waals surface area contributed by atoms with Crippen LogP contribution in [0.15, 0.2) is 34.7 Å². The monoisotopic (exact) mass is 381 g/mol. The van der Waals surface area contributed by atoms with Gasteiger partial charge in [0, 0.05) is 31.7 Å². The van der Waals surface area contributed by atoms with Gasteiger partial charge in [0.1, 0.15) is 5.76 Å². The molecule has 27 heavy (non-hydrogen) atoms. The molecule has 0 N–H and O–H groups in total. The first-order valence-electron chi connectivity index (χ1n) is 8.90. The Labute approximate surface area is 155 Å². The number of hydrogen-bond donors (Lipinski definition) is 0. The summed E-state index contributed by atoms with van der Waals surface area (Å²) in [4.78, 5) is 20.0. The summed E-state index contributed by atoms with van der Waals surface area (Å²) < 4.78 is 43.4. The molecule has 0 unspecified atom stereocenters. The zero-order valence-electron chi connectivity index (χ0n) is 15.1. The number of amides is 1.